The summed E-state index contributed by atoms with van der Waals surface area (Å²) in [5.41, 5.74) is 13.5. The fourth-order valence-corrected chi connectivity index (χ4v) is 4.53. The highest BCUT2D eigenvalue weighted by molar-refractivity contribution is 5.30. The molecule has 7 N–H and O–H groups in total. The average molecular weight is 436 g/mol. The minimum atomic E-state index is -0.696. The molecule has 8 heteroatoms. The zero-order chi connectivity index (χ0) is 22.1. The lowest BCUT2D eigenvalue weighted by Crippen LogP contribution is -2.52. The number of hydrazine groups is 1. The molecule has 31 heavy (non-hydrogen) atoms. The van der Waals surface area contributed by atoms with Gasteiger partial charge in [0.25, 0.3) is 0 Å². The fourth-order valence-electron chi connectivity index (χ4n) is 4.53. The Morgan fingerprint density at radius 2 is 1.87 bits per heavy atom. The van der Waals surface area contributed by atoms with Gasteiger partial charge in [-0.3, -0.25) is 0 Å². The average Bonchev–Trinajstić information content (AvgIpc) is 3.30. The summed E-state index contributed by atoms with van der Waals surface area (Å²) >= 11 is 0. The molecule has 2 aliphatic heterocycles. The summed E-state index contributed by atoms with van der Waals surface area (Å²) < 4.78 is 11.4. The lowest BCUT2D eigenvalue weighted by Gasteiger charge is -2.36. The number of hydrogen-bond donors (Lipinski definition) is 4. The molecule has 1 saturated heterocycles. The van der Waals surface area contributed by atoms with Crippen LogP contribution in [-0.2, 0) is 9.47 Å². The number of hydrogen-bond acceptors (Lipinski definition) is 8. The molecule has 2 heterocycles. The summed E-state index contributed by atoms with van der Waals surface area (Å²) in [5.74, 6) is 8.11. The van der Waals surface area contributed by atoms with E-state index >= 15 is 0 Å². The van der Waals surface area contributed by atoms with E-state index in [9.17, 15) is 5.11 Å². The number of allylic oxidation sites excluding steroid dienone is 3. The van der Waals surface area contributed by atoms with Crippen molar-refractivity contribution in [1.82, 2.24) is 9.91 Å². The highest BCUT2D eigenvalue weighted by atomic mass is 16.6. The van der Waals surface area contributed by atoms with Crippen LogP contribution in [0.25, 0.3) is 0 Å². The minimum Gasteiger partial charge on any atom is -0.491 e. The van der Waals surface area contributed by atoms with Gasteiger partial charge in [-0.15, -0.1) is 0 Å². The molecule has 0 aromatic carbocycles. The highest BCUT2D eigenvalue weighted by Gasteiger charge is 2.32. The van der Waals surface area contributed by atoms with Crippen molar-refractivity contribution in [3.05, 3.63) is 35.1 Å². The quantitative estimate of drug-likeness (QED) is 0.207. The third kappa shape index (κ3) is 7.14. The second-order valence-corrected chi connectivity index (χ2v) is 8.83. The van der Waals surface area contributed by atoms with Crippen LogP contribution in [-0.4, -0.2) is 66.6 Å². The first-order valence-corrected chi connectivity index (χ1v) is 11.9. The van der Waals surface area contributed by atoms with Gasteiger partial charge in [-0.25, -0.2) is 5.84 Å². The lowest BCUT2D eigenvalue weighted by atomic mass is 9.92. The molecule has 0 aromatic rings. The summed E-state index contributed by atoms with van der Waals surface area (Å²) in [6.07, 6.45) is 12.1. The molecule has 0 spiro atoms. The second kappa shape index (κ2) is 12.3. The Kier molecular flexibility index (Phi) is 9.52. The van der Waals surface area contributed by atoms with E-state index in [1.165, 1.54) is 12.8 Å². The zero-order valence-electron chi connectivity index (χ0n) is 18.8. The third-order valence-corrected chi connectivity index (χ3v) is 6.35. The van der Waals surface area contributed by atoms with E-state index < -0.39 is 6.10 Å². The van der Waals surface area contributed by atoms with Gasteiger partial charge in [0, 0.05) is 24.9 Å². The van der Waals surface area contributed by atoms with Crippen molar-refractivity contribution in [2.24, 2.45) is 17.3 Å². The first-order chi connectivity index (χ1) is 15.1. The molecule has 0 unspecified atom stereocenters. The molecule has 2 atom stereocenters. The minimum absolute atomic E-state index is 0.271. The van der Waals surface area contributed by atoms with E-state index in [-0.39, 0.29) is 6.04 Å². The molecule has 0 amide bonds. The Hall–Kier alpha value is -1.74. The molecule has 8 nitrogen and oxygen atoms in total. The summed E-state index contributed by atoms with van der Waals surface area (Å²) in [6, 6.07) is -0.271. The molecule has 0 aromatic heterocycles. The van der Waals surface area contributed by atoms with Crippen LogP contribution >= 0.6 is 0 Å². The summed E-state index contributed by atoms with van der Waals surface area (Å²) in [7, 11) is 0. The van der Waals surface area contributed by atoms with Crippen LogP contribution in [0.4, 0.5) is 0 Å². The van der Waals surface area contributed by atoms with Crippen molar-refractivity contribution >= 4 is 0 Å². The Morgan fingerprint density at radius 3 is 2.65 bits per heavy atom. The number of aliphatic hydroxyl groups is 1. The summed E-state index contributed by atoms with van der Waals surface area (Å²) in [6.45, 7) is 4.67. The van der Waals surface area contributed by atoms with E-state index in [1.807, 2.05) is 6.08 Å². The Morgan fingerprint density at radius 1 is 1.13 bits per heavy atom. The maximum atomic E-state index is 11.3. The van der Waals surface area contributed by atoms with E-state index in [2.05, 4.69) is 4.90 Å². The van der Waals surface area contributed by atoms with Crippen LogP contribution in [0.3, 0.4) is 0 Å². The van der Waals surface area contributed by atoms with Crippen molar-refractivity contribution in [3.63, 3.8) is 0 Å². The van der Waals surface area contributed by atoms with Crippen molar-refractivity contribution in [1.29, 1.82) is 0 Å². The number of ether oxygens (including phenoxy) is 2. The summed E-state index contributed by atoms with van der Waals surface area (Å²) in [4.78, 5) is 2.37. The van der Waals surface area contributed by atoms with Gasteiger partial charge < -0.3 is 36.0 Å². The van der Waals surface area contributed by atoms with Gasteiger partial charge in [0.1, 0.15) is 19.0 Å². The van der Waals surface area contributed by atoms with Crippen LogP contribution in [0.15, 0.2) is 35.1 Å². The highest BCUT2D eigenvalue weighted by Crippen LogP contribution is 2.31. The number of nitrogens with zero attached hydrogens (tertiary/aromatic N) is 2. The van der Waals surface area contributed by atoms with E-state index in [0.717, 1.165) is 87.4 Å². The van der Waals surface area contributed by atoms with Gasteiger partial charge in [0.15, 0.2) is 5.76 Å². The van der Waals surface area contributed by atoms with Gasteiger partial charge >= 0.3 is 0 Å². The van der Waals surface area contributed by atoms with Crippen molar-refractivity contribution < 1.29 is 14.6 Å². The first-order valence-electron chi connectivity index (χ1n) is 11.9. The SMILES string of the molecule is NCCCCCC/C(N)=C/N(N)[C@H](CN1CCCC1)[C@H](O)C1=CC2=C(CC1)OCCO2. The van der Waals surface area contributed by atoms with Crippen molar-refractivity contribution in [2.75, 3.05) is 39.4 Å². The first kappa shape index (κ1) is 23.9. The molecule has 1 aliphatic carbocycles. The molecular weight excluding hydrogens is 394 g/mol. The van der Waals surface area contributed by atoms with E-state index in [1.54, 1.807) is 11.2 Å². The molecule has 0 saturated carbocycles. The monoisotopic (exact) mass is 435 g/mol. The molecule has 0 bridgehead atoms. The second-order valence-electron chi connectivity index (χ2n) is 8.83. The van der Waals surface area contributed by atoms with E-state index in [0.29, 0.717) is 19.8 Å². The van der Waals surface area contributed by atoms with Crippen molar-refractivity contribution in [2.45, 2.75) is 69.9 Å². The van der Waals surface area contributed by atoms with Gasteiger partial charge in [-0.2, -0.15) is 0 Å². The molecule has 176 valence electrons. The van der Waals surface area contributed by atoms with Gasteiger partial charge in [0.2, 0.25) is 0 Å². The maximum Gasteiger partial charge on any atom is 0.157 e. The lowest BCUT2D eigenvalue weighted by molar-refractivity contribution is 0.0531. The Labute approximate surface area is 186 Å². The molecule has 1 fully saturated rings. The summed E-state index contributed by atoms with van der Waals surface area (Å²) in [5, 5.41) is 12.9. The van der Waals surface area contributed by atoms with Crippen LogP contribution < -0.4 is 17.3 Å². The van der Waals surface area contributed by atoms with Crippen LogP contribution in [0, 0.1) is 0 Å². The molecular formula is C23H41N5O3. The normalized spacial score (nSPS) is 21.8. The predicted molar refractivity (Wildman–Crippen MR) is 122 cm³/mol. The van der Waals surface area contributed by atoms with Crippen LogP contribution in [0.5, 0.6) is 0 Å². The van der Waals surface area contributed by atoms with Gasteiger partial charge in [-0.1, -0.05) is 12.8 Å². The van der Waals surface area contributed by atoms with Gasteiger partial charge in [0.05, 0.1) is 12.1 Å². The largest absolute Gasteiger partial charge is 0.491 e. The fraction of sp³-hybridized carbons (Fsp3) is 0.739. The van der Waals surface area contributed by atoms with Crippen LogP contribution in [0.2, 0.25) is 0 Å². The Bertz CT molecular complexity index is 658. The number of rotatable bonds is 12. The molecule has 0 radical (unpaired) electrons. The number of aliphatic hydroxyl groups excluding tert-OH is 1. The smallest absolute Gasteiger partial charge is 0.157 e. The standard InChI is InChI=1S/C23H41N5O3/c24-10-4-2-1-3-7-19(25)16-28(26)20(17-27-11-5-6-12-27)23(29)18-8-9-21-22(15-18)31-14-13-30-21/h15-16,20,23,29H,1-14,17,24-26H2/b19-16-/t20-,23-/m1/s1. The van der Waals surface area contributed by atoms with Crippen LogP contribution in [0.1, 0.15) is 57.8 Å². The van der Waals surface area contributed by atoms with Gasteiger partial charge in [-0.05, 0) is 69.8 Å². The number of unbranched alkanes of at least 4 members (excludes halogenated alkanes) is 3. The Balaban J connectivity index is 1.66. The number of likely N-dealkylation sites (tertiary alicyclic amines) is 1. The van der Waals surface area contributed by atoms with Crippen molar-refractivity contribution in [3.8, 4) is 0 Å². The number of nitrogens with two attached hydrogens (primary N) is 3. The topological polar surface area (TPSA) is 123 Å². The maximum absolute atomic E-state index is 11.3. The molecule has 3 rings (SSSR count). The predicted octanol–water partition coefficient (Wildman–Crippen LogP) is 1.68. The third-order valence-electron chi connectivity index (χ3n) is 6.35. The molecule has 3 aliphatic rings. The zero-order valence-corrected chi connectivity index (χ0v) is 18.8. The van der Waals surface area contributed by atoms with E-state index in [4.69, 9.17) is 26.8 Å².